The van der Waals surface area contributed by atoms with E-state index in [0.29, 0.717) is 17.9 Å². The summed E-state index contributed by atoms with van der Waals surface area (Å²) in [5.41, 5.74) is -0.0123. The van der Waals surface area contributed by atoms with E-state index in [0.717, 1.165) is 5.56 Å². The third-order valence-corrected chi connectivity index (χ3v) is 5.09. The number of carbonyl (C=O) groups is 1. The smallest absolute Gasteiger partial charge is 0.273 e. The van der Waals surface area contributed by atoms with Crippen LogP contribution in [0, 0.1) is 0 Å². The number of benzene rings is 1. The average Bonchev–Trinajstić information content (AvgIpc) is 3.05. The van der Waals surface area contributed by atoms with Gasteiger partial charge in [0, 0.05) is 5.02 Å². The summed E-state index contributed by atoms with van der Waals surface area (Å²) in [5.74, 6) is -0.528. The Morgan fingerprint density at radius 1 is 1.24 bits per heavy atom. The van der Waals surface area contributed by atoms with Gasteiger partial charge in [-0.1, -0.05) is 23.7 Å². The number of sulfonamides is 1. The molecule has 0 aliphatic heterocycles. The van der Waals surface area contributed by atoms with Gasteiger partial charge in [0.1, 0.15) is 0 Å². The monoisotopic (exact) mass is 325 g/mol. The third-order valence-electron chi connectivity index (χ3n) is 3.57. The van der Waals surface area contributed by atoms with E-state index in [-0.39, 0.29) is 5.03 Å². The van der Waals surface area contributed by atoms with Gasteiger partial charge in [0.2, 0.25) is 5.91 Å². The summed E-state index contributed by atoms with van der Waals surface area (Å²) in [7, 11) is -3.92. The van der Waals surface area contributed by atoms with E-state index >= 15 is 0 Å². The van der Waals surface area contributed by atoms with Crippen molar-refractivity contribution >= 4 is 27.5 Å². The number of nitrogens with zero attached hydrogens (tertiary/aromatic N) is 1. The molecule has 110 valence electrons. The first-order chi connectivity index (χ1) is 9.94. The molecule has 0 spiro atoms. The lowest BCUT2D eigenvalue weighted by atomic mass is 9.95. The second-order valence-corrected chi connectivity index (χ2v) is 7.03. The number of hydrogen-bond donors (Lipinski definition) is 2. The van der Waals surface area contributed by atoms with Gasteiger partial charge in [-0.15, -0.1) is 0 Å². The van der Waals surface area contributed by atoms with E-state index in [1.165, 1.54) is 12.3 Å². The van der Waals surface area contributed by atoms with Crippen LogP contribution in [0.4, 0.5) is 0 Å². The van der Waals surface area contributed by atoms with Gasteiger partial charge in [0.15, 0.2) is 5.03 Å². The molecule has 8 heteroatoms. The highest BCUT2D eigenvalue weighted by atomic mass is 35.5. The third kappa shape index (κ3) is 2.54. The molecule has 2 N–H and O–H groups in total. The van der Waals surface area contributed by atoms with Crippen LogP contribution in [0.15, 0.2) is 41.6 Å². The molecule has 1 amide bonds. The highest BCUT2D eigenvalue weighted by Gasteiger charge is 2.52. The molecule has 0 radical (unpaired) electrons. The Labute approximate surface area is 126 Å². The summed E-state index contributed by atoms with van der Waals surface area (Å²) < 4.78 is 26.2. The first kappa shape index (κ1) is 14.1. The summed E-state index contributed by atoms with van der Waals surface area (Å²) in [6, 6.07) is 8.16. The molecule has 1 fully saturated rings. The van der Waals surface area contributed by atoms with Crippen LogP contribution in [-0.4, -0.2) is 24.5 Å². The highest BCUT2D eigenvalue weighted by Crippen LogP contribution is 2.48. The van der Waals surface area contributed by atoms with Crippen molar-refractivity contribution < 1.29 is 13.2 Å². The van der Waals surface area contributed by atoms with Crippen molar-refractivity contribution in [2.75, 3.05) is 0 Å². The van der Waals surface area contributed by atoms with E-state index in [1.54, 1.807) is 24.3 Å². The van der Waals surface area contributed by atoms with Crippen LogP contribution in [0.3, 0.4) is 0 Å². The van der Waals surface area contributed by atoms with Crippen molar-refractivity contribution in [3.8, 4) is 0 Å². The van der Waals surface area contributed by atoms with Crippen molar-refractivity contribution in [3.05, 3.63) is 47.1 Å². The number of H-pyrrole nitrogens is 1. The molecular weight excluding hydrogens is 314 g/mol. The molecule has 1 aromatic carbocycles. The number of amides is 1. The van der Waals surface area contributed by atoms with E-state index < -0.39 is 21.3 Å². The Bertz CT molecular complexity index is 766. The van der Waals surface area contributed by atoms with E-state index in [2.05, 4.69) is 14.9 Å². The molecule has 1 aliphatic carbocycles. The topological polar surface area (TPSA) is 91.9 Å². The summed E-state index contributed by atoms with van der Waals surface area (Å²) >= 11 is 5.83. The molecule has 0 bridgehead atoms. The van der Waals surface area contributed by atoms with Crippen molar-refractivity contribution in [1.29, 1.82) is 0 Å². The summed E-state index contributed by atoms with van der Waals surface area (Å²) in [6.07, 6.45) is 2.53. The minimum atomic E-state index is -3.92. The van der Waals surface area contributed by atoms with Gasteiger partial charge < -0.3 is 0 Å². The molecule has 0 unspecified atom stereocenters. The molecule has 1 heterocycles. The molecule has 6 nitrogen and oxygen atoms in total. The lowest BCUT2D eigenvalue weighted by Crippen LogP contribution is -2.39. The molecule has 0 saturated heterocycles. The first-order valence-corrected chi connectivity index (χ1v) is 8.13. The van der Waals surface area contributed by atoms with Gasteiger partial charge >= 0.3 is 0 Å². The van der Waals surface area contributed by atoms with Gasteiger partial charge in [0.25, 0.3) is 10.0 Å². The van der Waals surface area contributed by atoms with E-state index in [4.69, 9.17) is 11.6 Å². The zero-order valence-electron chi connectivity index (χ0n) is 10.8. The lowest BCUT2D eigenvalue weighted by Gasteiger charge is -2.15. The predicted octanol–water partition coefficient (Wildman–Crippen LogP) is 1.60. The maximum Gasteiger partial charge on any atom is 0.281 e. The number of halogens is 1. The van der Waals surface area contributed by atoms with Crippen molar-refractivity contribution in [2.45, 2.75) is 23.3 Å². The Balaban J connectivity index is 1.84. The molecule has 0 atom stereocenters. The Morgan fingerprint density at radius 3 is 2.43 bits per heavy atom. The van der Waals surface area contributed by atoms with Gasteiger partial charge in [-0.3, -0.25) is 9.89 Å². The number of hydrogen-bond acceptors (Lipinski definition) is 4. The predicted molar refractivity (Wildman–Crippen MR) is 76.3 cm³/mol. The fourth-order valence-corrected chi connectivity index (χ4v) is 3.30. The average molecular weight is 326 g/mol. The lowest BCUT2D eigenvalue weighted by molar-refractivity contribution is -0.121. The van der Waals surface area contributed by atoms with Gasteiger partial charge in [-0.25, -0.2) is 4.72 Å². The van der Waals surface area contributed by atoms with Crippen LogP contribution in [0.1, 0.15) is 18.4 Å². The summed E-state index contributed by atoms with van der Waals surface area (Å²) in [5, 5.41) is 6.34. The number of nitrogens with one attached hydrogen (secondary N) is 2. The van der Waals surface area contributed by atoms with E-state index in [1.807, 2.05) is 0 Å². The first-order valence-electron chi connectivity index (χ1n) is 6.27. The molecule has 21 heavy (non-hydrogen) atoms. The molecule has 1 saturated carbocycles. The minimum Gasteiger partial charge on any atom is -0.273 e. The van der Waals surface area contributed by atoms with Crippen molar-refractivity contribution in [1.82, 2.24) is 14.9 Å². The van der Waals surface area contributed by atoms with Crippen LogP contribution in [0.5, 0.6) is 0 Å². The molecule has 1 aliphatic rings. The standard InChI is InChI=1S/C13H12ClN3O3S/c14-10-3-1-9(2-4-10)13(6-7-13)12(18)17-21(19,20)11-5-8-15-16-11/h1-5,8H,6-7H2,(H,15,16)(H,17,18). The maximum absolute atomic E-state index is 12.4. The van der Waals surface area contributed by atoms with Gasteiger partial charge in [-0.2, -0.15) is 13.5 Å². The molecule has 3 rings (SSSR count). The van der Waals surface area contributed by atoms with Crippen LogP contribution in [0.2, 0.25) is 5.02 Å². The van der Waals surface area contributed by atoms with Gasteiger partial charge in [-0.05, 0) is 36.6 Å². The maximum atomic E-state index is 12.4. The fourth-order valence-electron chi connectivity index (χ4n) is 2.21. The number of aromatic amines is 1. The van der Waals surface area contributed by atoms with Crippen molar-refractivity contribution in [2.24, 2.45) is 0 Å². The zero-order valence-corrected chi connectivity index (χ0v) is 12.4. The summed E-state index contributed by atoms with van der Waals surface area (Å²) in [4.78, 5) is 12.4. The van der Waals surface area contributed by atoms with Crippen LogP contribution in [0.25, 0.3) is 0 Å². The second kappa shape index (κ2) is 4.85. The number of aromatic nitrogens is 2. The normalized spacial score (nSPS) is 16.4. The number of carbonyl (C=O) groups excluding carboxylic acids is 1. The largest absolute Gasteiger partial charge is 0.281 e. The van der Waals surface area contributed by atoms with E-state index in [9.17, 15) is 13.2 Å². The number of rotatable bonds is 4. The quantitative estimate of drug-likeness (QED) is 0.893. The summed E-state index contributed by atoms with van der Waals surface area (Å²) in [6.45, 7) is 0. The SMILES string of the molecule is O=C(NS(=O)(=O)c1ccn[nH]1)C1(c2ccc(Cl)cc2)CC1. The molecule has 2 aromatic rings. The second-order valence-electron chi connectivity index (χ2n) is 4.94. The Hall–Kier alpha value is -1.86. The molecular formula is C13H12ClN3O3S. The van der Waals surface area contributed by atoms with Crippen LogP contribution in [-0.2, 0) is 20.2 Å². The minimum absolute atomic E-state index is 0.136. The Morgan fingerprint density at radius 2 is 1.90 bits per heavy atom. The fraction of sp³-hybridized carbons (Fsp3) is 0.231. The van der Waals surface area contributed by atoms with Crippen molar-refractivity contribution in [3.63, 3.8) is 0 Å². The highest BCUT2D eigenvalue weighted by molar-refractivity contribution is 7.90. The van der Waals surface area contributed by atoms with Gasteiger partial charge in [0.05, 0.1) is 11.6 Å². The van der Waals surface area contributed by atoms with Crippen LogP contribution >= 0.6 is 11.6 Å². The molecule has 1 aromatic heterocycles. The van der Waals surface area contributed by atoms with Crippen LogP contribution < -0.4 is 4.72 Å². The Kier molecular flexibility index (Phi) is 3.26. The zero-order chi connectivity index (χ0) is 15.1.